The summed E-state index contributed by atoms with van der Waals surface area (Å²) in [6.45, 7) is 3.15. The first-order valence-electron chi connectivity index (χ1n) is 10.6. The summed E-state index contributed by atoms with van der Waals surface area (Å²) < 4.78 is 6.99. The Kier molecular flexibility index (Phi) is 6.64. The molecule has 0 aliphatic carbocycles. The maximum Gasteiger partial charge on any atom is 0.275 e. The number of aromatic nitrogens is 2. The fraction of sp³-hybridized carbons (Fsp3) is 0.333. The number of ether oxygens (including phenoxy) is 1. The topological polar surface area (TPSA) is 79.6 Å². The molecule has 1 saturated heterocycles. The predicted octanol–water partition coefficient (Wildman–Crippen LogP) is 2.77. The number of benzene rings is 2. The van der Waals surface area contributed by atoms with Crippen LogP contribution < -0.4 is 10.1 Å². The number of hydrogen-bond acceptors (Lipinski definition) is 5. The van der Waals surface area contributed by atoms with Gasteiger partial charge in [0.25, 0.3) is 5.91 Å². The third-order valence-electron chi connectivity index (χ3n) is 5.58. The van der Waals surface area contributed by atoms with Crippen molar-refractivity contribution in [1.29, 1.82) is 0 Å². The average Bonchev–Trinajstić information content (AvgIpc) is 3.25. The number of aliphatic hydroxyl groups is 1. The lowest BCUT2D eigenvalue weighted by atomic mass is 10.1. The molecule has 1 aromatic heterocycles. The van der Waals surface area contributed by atoms with Crippen LogP contribution in [0.5, 0.6) is 5.75 Å². The molecule has 7 heteroatoms. The normalized spacial score (nSPS) is 15.0. The third-order valence-corrected chi connectivity index (χ3v) is 5.58. The SMILES string of the molecule is COc1cn(-c2ccccc2)nc1C(=O)NCc1ccc(CN2CCC(O)CC2)cc1. The Morgan fingerprint density at radius 3 is 2.45 bits per heavy atom. The number of aliphatic hydroxyl groups excluding tert-OH is 1. The van der Waals surface area contributed by atoms with Crippen LogP contribution in [-0.2, 0) is 13.1 Å². The highest BCUT2D eigenvalue weighted by Gasteiger charge is 2.19. The van der Waals surface area contributed by atoms with Gasteiger partial charge in [0.2, 0.25) is 0 Å². The number of piperidine rings is 1. The molecule has 3 aromatic rings. The van der Waals surface area contributed by atoms with Crippen molar-refractivity contribution in [2.24, 2.45) is 0 Å². The number of hydrogen-bond donors (Lipinski definition) is 2. The van der Waals surface area contributed by atoms with E-state index in [4.69, 9.17) is 4.74 Å². The van der Waals surface area contributed by atoms with Gasteiger partial charge in [-0.1, -0.05) is 42.5 Å². The van der Waals surface area contributed by atoms with Crippen molar-refractivity contribution >= 4 is 5.91 Å². The fourth-order valence-electron chi connectivity index (χ4n) is 3.74. The van der Waals surface area contributed by atoms with Crippen LogP contribution in [0.15, 0.2) is 60.8 Å². The molecule has 0 unspecified atom stereocenters. The standard InChI is InChI=1S/C24H28N4O3/c1-31-22-17-28(20-5-3-2-4-6-20)26-23(22)24(30)25-15-18-7-9-19(10-8-18)16-27-13-11-21(29)12-14-27/h2-10,17,21,29H,11-16H2,1H3,(H,25,30). The molecule has 0 spiro atoms. The first-order chi connectivity index (χ1) is 15.1. The number of carbonyl (C=O) groups excluding carboxylic acids is 1. The minimum absolute atomic E-state index is 0.153. The fourth-order valence-corrected chi connectivity index (χ4v) is 3.74. The van der Waals surface area contributed by atoms with Crippen molar-refractivity contribution < 1.29 is 14.6 Å². The van der Waals surface area contributed by atoms with Crippen molar-refractivity contribution in [3.05, 3.63) is 77.6 Å². The Morgan fingerprint density at radius 1 is 1.10 bits per heavy atom. The number of rotatable bonds is 7. The zero-order chi connectivity index (χ0) is 21.6. The molecule has 0 bridgehead atoms. The van der Waals surface area contributed by atoms with Gasteiger partial charge in [0.1, 0.15) is 0 Å². The molecule has 7 nitrogen and oxygen atoms in total. The molecule has 0 radical (unpaired) electrons. The summed E-state index contributed by atoms with van der Waals surface area (Å²) in [7, 11) is 1.53. The van der Waals surface area contributed by atoms with Gasteiger partial charge in [-0.15, -0.1) is 0 Å². The second-order valence-electron chi connectivity index (χ2n) is 7.83. The number of likely N-dealkylation sites (tertiary alicyclic amines) is 1. The van der Waals surface area contributed by atoms with E-state index in [1.807, 2.05) is 42.5 Å². The zero-order valence-corrected chi connectivity index (χ0v) is 17.7. The van der Waals surface area contributed by atoms with Gasteiger partial charge in [0, 0.05) is 26.2 Å². The van der Waals surface area contributed by atoms with Crippen LogP contribution in [0.1, 0.15) is 34.5 Å². The van der Waals surface area contributed by atoms with E-state index >= 15 is 0 Å². The second-order valence-corrected chi connectivity index (χ2v) is 7.83. The third kappa shape index (κ3) is 5.31. The van der Waals surface area contributed by atoms with Crippen LogP contribution in [-0.4, -0.2) is 52.0 Å². The number of carbonyl (C=O) groups is 1. The van der Waals surface area contributed by atoms with Crippen LogP contribution in [0, 0.1) is 0 Å². The Balaban J connectivity index is 1.35. The molecule has 1 amide bonds. The highest BCUT2D eigenvalue weighted by Crippen LogP contribution is 2.20. The Bertz CT molecular complexity index is 993. The summed E-state index contributed by atoms with van der Waals surface area (Å²) in [5.41, 5.74) is 3.37. The lowest BCUT2D eigenvalue weighted by molar-refractivity contribution is 0.0792. The monoisotopic (exact) mass is 420 g/mol. The summed E-state index contributed by atoms with van der Waals surface area (Å²) in [6, 6.07) is 17.9. The highest BCUT2D eigenvalue weighted by atomic mass is 16.5. The minimum atomic E-state index is -0.275. The van der Waals surface area contributed by atoms with Gasteiger partial charge in [0.05, 0.1) is 25.1 Å². The van der Waals surface area contributed by atoms with E-state index in [0.717, 1.165) is 43.7 Å². The number of methoxy groups -OCH3 is 1. The molecule has 2 aromatic carbocycles. The van der Waals surface area contributed by atoms with E-state index in [1.54, 1.807) is 10.9 Å². The second kappa shape index (κ2) is 9.76. The van der Waals surface area contributed by atoms with Gasteiger partial charge in [0.15, 0.2) is 11.4 Å². The molecule has 162 valence electrons. The summed E-state index contributed by atoms with van der Waals surface area (Å²) >= 11 is 0. The van der Waals surface area contributed by atoms with E-state index in [0.29, 0.717) is 12.3 Å². The molecule has 4 rings (SSSR count). The number of para-hydroxylation sites is 1. The van der Waals surface area contributed by atoms with Crippen LogP contribution in [0.3, 0.4) is 0 Å². The zero-order valence-electron chi connectivity index (χ0n) is 17.7. The smallest absolute Gasteiger partial charge is 0.275 e. The van der Waals surface area contributed by atoms with E-state index in [1.165, 1.54) is 12.7 Å². The van der Waals surface area contributed by atoms with Gasteiger partial charge in [-0.05, 0) is 36.1 Å². The molecule has 1 fully saturated rings. The summed E-state index contributed by atoms with van der Waals surface area (Å²) in [5.74, 6) is 0.158. The van der Waals surface area contributed by atoms with E-state index in [2.05, 4.69) is 27.4 Å². The largest absolute Gasteiger partial charge is 0.493 e. The molecule has 0 atom stereocenters. The lowest BCUT2D eigenvalue weighted by Crippen LogP contribution is -2.35. The molecular formula is C24H28N4O3. The van der Waals surface area contributed by atoms with Crippen molar-refractivity contribution in [3.63, 3.8) is 0 Å². The van der Waals surface area contributed by atoms with Crippen molar-refractivity contribution in [3.8, 4) is 11.4 Å². The summed E-state index contributed by atoms with van der Waals surface area (Å²) in [4.78, 5) is 15.1. The number of nitrogens with zero attached hydrogens (tertiary/aromatic N) is 3. The molecule has 2 heterocycles. The molecule has 1 aliphatic heterocycles. The van der Waals surface area contributed by atoms with Crippen LogP contribution in [0.25, 0.3) is 5.69 Å². The van der Waals surface area contributed by atoms with Crippen molar-refractivity contribution in [1.82, 2.24) is 20.0 Å². The molecular weight excluding hydrogens is 392 g/mol. The predicted molar refractivity (Wildman–Crippen MR) is 118 cm³/mol. The Hall–Kier alpha value is -3.16. The van der Waals surface area contributed by atoms with Gasteiger partial charge in [-0.2, -0.15) is 5.10 Å². The van der Waals surface area contributed by atoms with Crippen LogP contribution in [0.2, 0.25) is 0 Å². The minimum Gasteiger partial charge on any atom is -0.493 e. The van der Waals surface area contributed by atoms with Gasteiger partial charge >= 0.3 is 0 Å². The van der Waals surface area contributed by atoms with E-state index in [-0.39, 0.29) is 17.7 Å². The number of nitrogens with one attached hydrogen (secondary N) is 1. The average molecular weight is 421 g/mol. The lowest BCUT2D eigenvalue weighted by Gasteiger charge is -2.29. The van der Waals surface area contributed by atoms with Crippen LogP contribution >= 0.6 is 0 Å². The Morgan fingerprint density at radius 2 is 1.77 bits per heavy atom. The molecule has 31 heavy (non-hydrogen) atoms. The first-order valence-corrected chi connectivity index (χ1v) is 10.6. The van der Waals surface area contributed by atoms with Crippen molar-refractivity contribution in [2.45, 2.75) is 32.0 Å². The quantitative estimate of drug-likeness (QED) is 0.615. The Labute approximate surface area is 182 Å². The van der Waals surface area contributed by atoms with Gasteiger partial charge < -0.3 is 15.2 Å². The van der Waals surface area contributed by atoms with Crippen molar-refractivity contribution in [2.75, 3.05) is 20.2 Å². The van der Waals surface area contributed by atoms with E-state index in [9.17, 15) is 9.90 Å². The molecule has 1 aliphatic rings. The summed E-state index contributed by atoms with van der Waals surface area (Å²) in [6.07, 6.45) is 3.24. The highest BCUT2D eigenvalue weighted by molar-refractivity contribution is 5.94. The first kappa shape index (κ1) is 21.1. The maximum absolute atomic E-state index is 12.7. The van der Waals surface area contributed by atoms with Crippen LogP contribution in [0.4, 0.5) is 0 Å². The van der Waals surface area contributed by atoms with Gasteiger partial charge in [-0.3, -0.25) is 9.69 Å². The van der Waals surface area contributed by atoms with E-state index < -0.39 is 0 Å². The molecule has 2 N–H and O–H groups in total. The number of amides is 1. The maximum atomic E-state index is 12.7. The summed E-state index contributed by atoms with van der Waals surface area (Å²) in [5, 5.41) is 17.0. The van der Waals surface area contributed by atoms with Gasteiger partial charge in [-0.25, -0.2) is 4.68 Å². The molecule has 0 saturated carbocycles.